The summed E-state index contributed by atoms with van der Waals surface area (Å²) in [6, 6.07) is 9.79. The summed E-state index contributed by atoms with van der Waals surface area (Å²) in [6.45, 7) is 1.04. The van der Waals surface area contributed by atoms with E-state index in [0.717, 1.165) is 31.2 Å². The van der Waals surface area contributed by atoms with Crippen molar-refractivity contribution in [1.82, 2.24) is 8.61 Å². The highest BCUT2D eigenvalue weighted by Crippen LogP contribution is 2.25. The monoisotopic (exact) mass is 325 g/mol. The molecular weight excluding hydrogens is 298 g/mol. The largest absolute Gasteiger partial charge is 0.329 e. The predicted octanol–water partition coefficient (Wildman–Crippen LogP) is 1.96. The molecule has 0 atom stereocenters. The average molecular weight is 325 g/mol. The molecule has 1 saturated carbocycles. The summed E-state index contributed by atoms with van der Waals surface area (Å²) in [7, 11) is -1.77. The molecule has 2 rings (SSSR count). The van der Waals surface area contributed by atoms with Crippen LogP contribution in [0.25, 0.3) is 0 Å². The molecule has 1 aliphatic rings. The molecule has 0 heterocycles. The molecule has 0 bridgehead atoms. The lowest BCUT2D eigenvalue weighted by Gasteiger charge is -2.34. The van der Waals surface area contributed by atoms with Crippen molar-refractivity contribution >= 4 is 10.2 Å². The molecule has 1 aliphatic carbocycles. The van der Waals surface area contributed by atoms with Crippen molar-refractivity contribution in [3.8, 4) is 0 Å². The van der Waals surface area contributed by atoms with E-state index in [9.17, 15) is 8.42 Å². The third-order valence-electron chi connectivity index (χ3n) is 4.36. The van der Waals surface area contributed by atoms with Gasteiger partial charge >= 0.3 is 0 Å². The van der Waals surface area contributed by atoms with E-state index in [-0.39, 0.29) is 6.04 Å². The van der Waals surface area contributed by atoms with E-state index in [1.54, 1.807) is 11.4 Å². The summed E-state index contributed by atoms with van der Waals surface area (Å²) in [5.74, 6) is 0. The van der Waals surface area contributed by atoms with Crippen molar-refractivity contribution in [2.75, 3.05) is 20.1 Å². The van der Waals surface area contributed by atoms with E-state index in [2.05, 4.69) is 0 Å². The number of hydrogen-bond acceptors (Lipinski definition) is 3. The molecule has 6 heteroatoms. The van der Waals surface area contributed by atoms with Crippen molar-refractivity contribution in [3.63, 3.8) is 0 Å². The number of rotatable bonds is 7. The summed E-state index contributed by atoms with van der Waals surface area (Å²) in [6.07, 6.45) is 5.34. The normalized spacial score (nSPS) is 17.3. The van der Waals surface area contributed by atoms with Crippen LogP contribution < -0.4 is 5.73 Å². The third kappa shape index (κ3) is 4.29. The molecule has 0 amide bonds. The van der Waals surface area contributed by atoms with E-state index in [4.69, 9.17) is 5.73 Å². The molecule has 22 heavy (non-hydrogen) atoms. The minimum atomic E-state index is -3.47. The van der Waals surface area contributed by atoms with E-state index >= 15 is 0 Å². The van der Waals surface area contributed by atoms with Crippen LogP contribution in [0.4, 0.5) is 0 Å². The van der Waals surface area contributed by atoms with E-state index < -0.39 is 10.2 Å². The molecule has 0 aliphatic heterocycles. The second-order valence-electron chi connectivity index (χ2n) is 5.92. The fourth-order valence-corrected chi connectivity index (χ4v) is 4.62. The first-order valence-electron chi connectivity index (χ1n) is 8.03. The number of nitrogens with two attached hydrogens (primary N) is 1. The smallest absolute Gasteiger partial charge is 0.282 e. The van der Waals surface area contributed by atoms with Crippen LogP contribution in [0, 0.1) is 0 Å². The summed E-state index contributed by atoms with van der Waals surface area (Å²) in [4.78, 5) is 0. The number of nitrogens with zero attached hydrogens (tertiary/aromatic N) is 2. The first-order chi connectivity index (χ1) is 10.6. The summed E-state index contributed by atoms with van der Waals surface area (Å²) in [5.41, 5.74) is 6.62. The van der Waals surface area contributed by atoms with Crippen LogP contribution in [0.2, 0.25) is 0 Å². The Balaban J connectivity index is 2.14. The minimum absolute atomic E-state index is 0.120. The molecular formula is C16H27N3O2S. The van der Waals surface area contributed by atoms with E-state index in [0.29, 0.717) is 19.6 Å². The van der Waals surface area contributed by atoms with Crippen LogP contribution >= 0.6 is 0 Å². The van der Waals surface area contributed by atoms with E-state index in [1.165, 1.54) is 10.7 Å². The standard InChI is InChI=1S/C16H27N3O2S/c1-18(16-10-6-3-7-11-16)22(20,21)19(13-12-17)14-15-8-4-2-5-9-15/h2,4-5,8-9,16H,3,6-7,10-14,17H2,1H3. The Labute approximate surface area is 134 Å². The molecule has 1 aromatic carbocycles. The van der Waals surface area contributed by atoms with Gasteiger partial charge in [0.15, 0.2) is 0 Å². The molecule has 0 unspecified atom stereocenters. The Morgan fingerprint density at radius 2 is 1.77 bits per heavy atom. The maximum atomic E-state index is 12.9. The Bertz CT molecular complexity index is 542. The van der Waals surface area contributed by atoms with Gasteiger partial charge in [0, 0.05) is 32.7 Å². The first-order valence-corrected chi connectivity index (χ1v) is 9.42. The summed E-state index contributed by atoms with van der Waals surface area (Å²) >= 11 is 0. The zero-order valence-electron chi connectivity index (χ0n) is 13.3. The summed E-state index contributed by atoms with van der Waals surface area (Å²) in [5, 5.41) is 0. The van der Waals surface area contributed by atoms with Crippen LogP contribution in [-0.4, -0.2) is 43.2 Å². The quantitative estimate of drug-likeness (QED) is 0.833. The van der Waals surface area contributed by atoms with Crippen molar-refractivity contribution in [2.45, 2.75) is 44.7 Å². The number of hydrogen-bond donors (Lipinski definition) is 1. The lowest BCUT2D eigenvalue weighted by molar-refractivity contribution is 0.261. The topological polar surface area (TPSA) is 66.6 Å². The van der Waals surface area contributed by atoms with Gasteiger partial charge in [-0.3, -0.25) is 0 Å². The number of benzene rings is 1. The van der Waals surface area contributed by atoms with Crippen LogP contribution in [0.3, 0.4) is 0 Å². The van der Waals surface area contributed by atoms with Gasteiger partial charge in [-0.1, -0.05) is 49.6 Å². The summed E-state index contributed by atoms with van der Waals surface area (Å²) < 4.78 is 28.9. The molecule has 5 nitrogen and oxygen atoms in total. The molecule has 0 saturated heterocycles. The maximum absolute atomic E-state index is 12.9. The predicted molar refractivity (Wildman–Crippen MR) is 89.5 cm³/mol. The lowest BCUT2D eigenvalue weighted by atomic mass is 9.96. The first kappa shape index (κ1) is 17.4. The van der Waals surface area contributed by atoms with Gasteiger partial charge < -0.3 is 5.73 Å². The van der Waals surface area contributed by atoms with Crippen molar-refractivity contribution in [1.29, 1.82) is 0 Å². The van der Waals surface area contributed by atoms with Crippen LogP contribution in [0.15, 0.2) is 30.3 Å². The van der Waals surface area contributed by atoms with Crippen LogP contribution in [0.5, 0.6) is 0 Å². The second-order valence-corrected chi connectivity index (χ2v) is 7.91. The Hall–Kier alpha value is -0.950. The van der Waals surface area contributed by atoms with E-state index in [1.807, 2.05) is 30.3 Å². The Morgan fingerprint density at radius 1 is 1.14 bits per heavy atom. The van der Waals surface area contributed by atoms with Crippen molar-refractivity contribution < 1.29 is 8.42 Å². The highest BCUT2D eigenvalue weighted by Gasteiger charge is 2.32. The molecule has 0 spiro atoms. The Kier molecular flexibility index (Phi) is 6.37. The minimum Gasteiger partial charge on any atom is -0.329 e. The van der Waals surface area contributed by atoms with Gasteiger partial charge in [-0.25, -0.2) is 0 Å². The zero-order valence-corrected chi connectivity index (χ0v) is 14.1. The zero-order chi connectivity index (χ0) is 16.0. The molecule has 2 N–H and O–H groups in total. The molecule has 1 fully saturated rings. The van der Waals surface area contributed by atoms with Gasteiger partial charge in [0.25, 0.3) is 10.2 Å². The third-order valence-corrected chi connectivity index (χ3v) is 6.35. The van der Waals surface area contributed by atoms with Gasteiger partial charge in [0.2, 0.25) is 0 Å². The second kappa shape index (κ2) is 8.06. The SMILES string of the molecule is CN(C1CCCCC1)S(=O)(=O)N(CCN)Cc1ccccc1. The highest BCUT2D eigenvalue weighted by molar-refractivity contribution is 7.86. The molecule has 0 aromatic heterocycles. The van der Waals surface area contributed by atoms with Gasteiger partial charge in [-0.05, 0) is 18.4 Å². The van der Waals surface area contributed by atoms with Crippen LogP contribution in [0.1, 0.15) is 37.7 Å². The lowest BCUT2D eigenvalue weighted by Crippen LogP contribution is -2.48. The van der Waals surface area contributed by atoms with Gasteiger partial charge in [-0.2, -0.15) is 17.0 Å². The molecule has 0 radical (unpaired) electrons. The Morgan fingerprint density at radius 3 is 2.36 bits per heavy atom. The fourth-order valence-electron chi connectivity index (χ4n) is 3.02. The average Bonchev–Trinajstić information content (AvgIpc) is 2.55. The van der Waals surface area contributed by atoms with Crippen LogP contribution in [-0.2, 0) is 16.8 Å². The molecule has 124 valence electrons. The fraction of sp³-hybridized carbons (Fsp3) is 0.625. The van der Waals surface area contributed by atoms with Crippen molar-refractivity contribution in [3.05, 3.63) is 35.9 Å². The van der Waals surface area contributed by atoms with Gasteiger partial charge in [-0.15, -0.1) is 0 Å². The maximum Gasteiger partial charge on any atom is 0.282 e. The van der Waals surface area contributed by atoms with Gasteiger partial charge in [0.1, 0.15) is 0 Å². The molecule has 1 aromatic rings. The highest BCUT2D eigenvalue weighted by atomic mass is 32.2. The van der Waals surface area contributed by atoms with Gasteiger partial charge in [0.05, 0.1) is 0 Å². The van der Waals surface area contributed by atoms with Crippen molar-refractivity contribution in [2.24, 2.45) is 5.73 Å².